The number of piperidine rings is 1. The molecule has 3 aliphatic rings. The molecule has 0 atom stereocenters. The van der Waals surface area contributed by atoms with Crippen molar-refractivity contribution in [3.8, 4) is 0 Å². The summed E-state index contributed by atoms with van der Waals surface area (Å²) in [5, 5.41) is 3.14. The number of hydrogen-bond acceptors (Lipinski definition) is 7. The summed E-state index contributed by atoms with van der Waals surface area (Å²) in [5.74, 6) is 1.37. The highest BCUT2D eigenvalue weighted by Gasteiger charge is 2.28. The highest BCUT2D eigenvalue weighted by atomic mass is 16.5. The number of carbonyl (C=O) groups excluding carboxylic acids is 1. The summed E-state index contributed by atoms with van der Waals surface area (Å²) in [4.78, 5) is 28.4. The van der Waals surface area contributed by atoms with E-state index >= 15 is 0 Å². The number of ether oxygens (including phenoxy) is 1. The van der Waals surface area contributed by atoms with E-state index in [1.165, 1.54) is 12.8 Å². The lowest BCUT2D eigenvalue weighted by molar-refractivity contribution is -0.125. The lowest BCUT2D eigenvalue weighted by atomic mass is 9.95. The Kier molecular flexibility index (Phi) is 6.59. The van der Waals surface area contributed by atoms with E-state index in [1.807, 2.05) is 6.20 Å². The lowest BCUT2D eigenvalue weighted by Gasteiger charge is -2.35. The Hall–Kier alpha value is -1.93. The molecule has 0 aliphatic carbocycles. The van der Waals surface area contributed by atoms with Gasteiger partial charge in [-0.2, -0.15) is 0 Å². The molecule has 3 saturated heterocycles. The molecule has 28 heavy (non-hydrogen) atoms. The molecule has 3 aliphatic heterocycles. The normalized spacial score (nSPS) is 21.9. The quantitative estimate of drug-likeness (QED) is 0.771. The van der Waals surface area contributed by atoms with Gasteiger partial charge in [-0.3, -0.25) is 9.69 Å². The third-order valence-corrected chi connectivity index (χ3v) is 6.12. The van der Waals surface area contributed by atoms with Crippen molar-refractivity contribution in [2.75, 3.05) is 75.4 Å². The molecule has 3 fully saturated rings. The Labute approximate surface area is 167 Å². The van der Waals surface area contributed by atoms with E-state index in [0.717, 1.165) is 89.9 Å². The molecule has 8 heteroatoms. The summed E-state index contributed by atoms with van der Waals surface area (Å²) >= 11 is 0. The van der Waals surface area contributed by atoms with Crippen LogP contribution in [0.5, 0.6) is 0 Å². The standard InChI is InChI=1S/C20H32N6O2/c27-20(22-5-10-24-11-13-28-14-12-24)17-3-8-25(9-4-17)18-15-21-16-23-19(18)26-6-1-2-7-26/h15-17H,1-14H2,(H,22,27). The minimum atomic E-state index is 0.112. The molecule has 1 N–H and O–H groups in total. The lowest BCUT2D eigenvalue weighted by Crippen LogP contribution is -2.44. The van der Waals surface area contributed by atoms with Crippen molar-refractivity contribution in [2.24, 2.45) is 5.92 Å². The molecule has 0 bridgehead atoms. The topological polar surface area (TPSA) is 73.8 Å². The van der Waals surface area contributed by atoms with E-state index < -0.39 is 0 Å². The van der Waals surface area contributed by atoms with Gasteiger partial charge in [-0.15, -0.1) is 0 Å². The van der Waals surface area contributed by atoms with E-state index in [2.05, 4.69) is 30.0 Å². The highest BCUT2D eigenvalue weighted by molar-refractivity contribution is 5.79. The average molecular weight is 389 g/mol. The van der Waals surface area contributed by atoms with Crippen molar-refractivity contribution >= 4 is 17.4 Å². The minimum Gasteiger partial charge on any atom is -0.379 e. The van der Waals surface area contributed by atoms with Gasteiger partial charge < -0.3 is 19.9 Å². The fraction of sp³-hybridized carbons (Fsp3) is 0.750. The fourth-order valence-corrected chi connectivity index (χ4v) is 4.40. The van der Waals surface area contributed by atoms with Crippen molar-refractivity contribution in [1.29, 1.82) is 0 Å². The van der Waals surface area contributed by atoms with Gasteiger partial charge in [-0.1, -0.05) is 0 Å². The van der Waals surface area contributed by atoms with Gasteiger partial charge in [0.25, 0.3) is 0 Å². The monoisotopic (exact) mass is 388 g/mol. The van der Waals surface area contributed by atoms with Crippen LogP contribution < -0.4 is 15.1 Å². The fourth-order valence-electron chi connectivity index (χ4n) is 4.40. The van der Waals surface area contributed by atoms with Crippen LogP contribution in [0.2, 0.25) is 0 Å². The predicted molar refractivity (Wildman–Crippen MR) is 109 cm³/mol. The smallest absolute Gasteiger partial charge is 0.223 e. The molecule has 0 aromatic carbocycles. The van der Waals surface area contributed by atoms with E-state index in [1.54, 1.807) is 6.33 Å². The van der Waals surface area contributed by atoms with Crippen LogP contribution in [0, 0.1) is 5.92 Å². The Morgan fingerprint density at radius 1 is 1.07 bits per heavy atom. The number of aromatic nitrogens is 2. The first-order valence-electron chi connectivity index (χ1n) is 10.7. The molecule has 4 rings (SSSR count). The van der Waals surface area contributed by atoms with Gasteiger partial charge in [0.1, 0.15) is 6.33 Å². The van der Waals surface area contributed by atoms with E-state index in [9.17, 15) is 4.79 Å². The SMILES string of the molecule is O=C(NCCN1CCOCC1)C1CCN(c2cncnc2N2CCCC2)CC1. The third kappa shape index (κ3) is 4.72. The maximum Gasteiger partial charge on any atom is 0.223 e. The van der Waals surface area contributed by atoms with Gasteiger partial charge in [0, 0.05) is 58.3 Å². The summed E-state index contributed by atoms with van der Waals surface area (Å²) in [6.45, 7) is 9.09. The first-order valence-corrected chi connectivity index (χ1v) is 10.7. The molecular weight excluding hydrogens is 356 g/mol. The summed E-state index contributed by atoms with van der Waals surface area (Å²) in [5.41, 5.74) is 1.12. The average Bonchev–Trinajstić information content (AvgIpc) is 3.29. The second kappa shape index (κ2) is 9.52. The molecule has 8 nitrogen and oxygen atoms in total. The van der Waals surface area contributed by atoms with Crippen LogP contribution in [0.3, 0.4) is 0 Å². The minimum absolute atomic E-state index is 0.112. The summed E-state index contributed by atoms with van der Waals surface area (Å²) in [6.07, 6.45) is 7.82. The molecule has 154 valence electrons. The number of nitrogens with zero attached hydrogens (tertiary/aromatic N) is 5. The second-order valence-electron chi connectivity index (χ2n) is 7.93. The molecule has 4 heterocycles. The first kappa shape index (κ1) is 19.4. The van der Waals surface area contributed by atoms with Crippen LogP contribution in [0.25, 0.3) is 0 Å². The Bertz CT molecular complexity index is 637. The second-order valence-corrected chi connectivity index (χ2v) is 7.93. The Morgan fingerprint density at radius 2 is 1.82 bits per heavy atom. The zero-order valence-corrected chi connectivity index (χ0v) is 16.7. The van der Waals surface area contributed by atoms with Crippen LogP contribution in [0.1, 0.15) is 25.7 Å². The van der Waals surface area contributed by atoms with Gasteiger partial charge >= 0.3 is 0 Å². The first-order chi connectivity index (χ1) is 13.8. The zero-order valence-electron chi connectivity index (χ0n) is 16.7. The highest BCUT2D eigenvalue weighted by Crippen LogP contribution is 2.31. The number of carbonyl (C=O) groups is 1. The Balaban J connectivity index is 1.25. The van der Waals surface area contributed by atoms with Crippen molar-refractivity contribution < 1.29 is 9.53 Å². The maximum atomic E-state index is 12.6. The van der Waals surface area contributed by atoms with Crippen LogP contribution >= 0.6 is 0 Å². The van der Waals surface area contributed by atoms with Gasteiger partial charge in [-0.25, -0.2) is 9.97 Å². The van der Waals surface area contributed by atoms with Gasteiger partial charge in [0.05, 0.1) is 25.1 Å². The molecule has 1 amide bonds. The van der Waals surface area contributed by atoms with Crippen molar-refractivity contribution in [2.45, 2.75) is 25.7 Å². The van der Waals surface area contributed by atoms with Crippen LogP contribution in [0.4, 0.5) is 11.5 Å². The van der Waals surface area contributed by atoms with Crippen molar-refractivity contribution in [3.05, 3.63) is 12.5 Å². The Morgan fingerprint density at radius 3 is 2.57 bits per heavy atom. The van der Waals surface area contributed by atoms with E-state index in [-0.39, 0.29) is 11.8 Å². The van der Waals surface area contributed by atoms with Gasteiger partial charge in [0.15, 0.2) is 5.82 Å². The molecule has 0 unspecified atom stereocenters. The molecular formula is C20H32N6O2. The summed E-state index contributed by atoms with van der Waals surface area (Å²) in [6, 6.07) is 0. The molecule has 0 saturated carbocycles. The van der Waals surface area contributed by atoms with Crippen LogP contribution in [-0.4, -0.2) is 86.3 Å². The number of amides is 1. The zero-order chi connectivity index (χ0) is 19.2. The summed E-state index contributed by atoms with van der Waals surface area (Å²) < 4.78 is 5.36. The molecule has 1 aromatic rings. The third-order valence-electron chi connectivity index (χ3n) is 6.12. The van der Waals surface area contributed by atoms with E-state index in [0.29, 0.717) is 0 Å². The van der Waals surface area contributed by atoms with Crippen LogP contribution in [-0.2, 0) is 9.53 Å². The number of rotatable bonds is 6. The van der Waals surface area contributed by atoms with Gasteiger partial charge in [0.2, 0.25) is 5.91 Å². The van der Waals surface area contributed by atoms with Crippen LogP contribution in [0.15, 0.2) is 12.5 Å². The number of anilines is 2. The van der Waals surface area contributed by atoms with Crippen molar-refractivity contribution in [1.82, 2.24) is 20.2 Å². The number of morpholine rings is 1. The molecule has 1 aromatic heterocycles. The largest absolute Gasteiger partial charge is 0.379 e. The predicted octanol–water partition coefficient (Wildman–Crippen LogP) is 0.742. The van der Waals surface area contributed by atoms with E-state index in [4.69, 9.17) is 4.74 Å². The number of hydrogen-bond donors (Lipinski definition) is 1. The number of nitrogens with one attached hydrogen (secondary N) is 1. The maximum absolute atomic E-state index is 12.6. The van der Waals surface area contributed by atoms with Crippen molar-refractivity contribution in [3.63, 3.8) is 0 Å². The molecule has 0 radical (unpaired) electrons. The van der Waals surface area contributed by atoms with Gasteiger partial charge in [-0.05, 0) is 25.7 Å². The summed E-state index contributed by atoms with van der Waals surface area (Å²) in [7, 11) is 0. The molecule has 0 spiro atoms.